The van der Waals surface area contributed by atoms with Crippen LogP contribution in [0.5, 0.6) is 0 Å². The Morgan fingerprint density at radius 1 is 0.927 bits per heavy atom. The summed E-state index contributed by atoms with van der Waals surface area (Å²) in [5.74, 6) is -1.34. The molecule has 1 aromatic rings. The number of hydrogen-bond donors (Lipinski definition) is 1. The second-order valence-electron chi connectivity index (χ2n) is 9.95. The molecule has 15 heteroatoms. The summed E-state index contributed by atoms with van der Waals surface area (Å²) in [4.78, 5) is 38.3. The Morgan fingerprint density at radius 3 is 2.10 bits per heavy atom. The summed E-state index contributed by atoms with van der Waals surface area (Å²) in [5.41, 5.74) is 2.63. The fraction of sp³-hybridized carbons (Fsp3) is 0.654. The zero-order chi connectivity index (χ0) is 31.0. The van der Waals surface area contributed by atoms with Gasteiger partial charge in [-0.25, -0.2) is 4.79 Å². The van der Waals surface area contributed by atoms with Crippen LogP contribution in [0.4, 0.5) is 36.8 Å². The summed E-state index contributed by atoms with van der Waals surface area (Å²) in [6, 6.07) is 5.68. The summed E-state index contributed by atoms with van der Waals surface area (Å²) in [6.45, 7) is 7.70. The van der Waals surface area contributed by atoms with Crippen LogP contribution in [0.15, 0.2) is 18.2 Å². The third kappa shape index (κ3) is 11.3. The molecule has 9 nitrogen and oxygen atoms in total. The predicted molar refractivity (Wildman–Crippen MR) is 135 cm³/mol. The van der Waals surface area contributed by atoms with Crippen LogP contribution in [-0.2, 0) is 30.3 Å². The molecule has 0 aromatic heterocycles. The Hall–Kier alpha value is -3.23. The minimum Gasteiger partial charge on any atom is -0.426 e. The maximum atomic E-state index is 12.7. The summed E-state index contributed by atoms with van der Waals surface area (Å²) in [7, 11) is 0. The average Bonchev–Trinajstić information content (AvgIpc) is 2.85. The number of benzene rings is 1. The number of anilines is 1. The molecule has 0 radical (unpaired) electrons. The van der Waals surface area contributed by atoms with Gasteiger partial charge in [-0.15, -0.1) is 0 Å². The predicted octanol–water partition coefficient (Wildman–Crippen LogP) is 5.02. The molecule has 0 spiro atoms. The molecule has 41 heavy (non-hydrogen) atoms. The number of ether oxygens (including phenoxy) is 3. The van der Waals surface area contributed by atoms with E-state index in [2.05, 4.69) is 10.1 Å². The van der Waals surface area contributed by atoms with E-state index >= 15 is 0 Å². The lowest BCUT2D eigenvalue weighted by Gasteiger charge is -2.35. The van der Waals surface area contributed by atoms with E-state index in [0.717, 1.165) is 21.7 Å². The van der Waals surface area contributed by atoms with Crippen molar-refractivity contribution in [1.82, 2.24) is 9.80 Å². The molecule has 232 valence electrons. The molecule has 1 atom stereocenters. The van der Waals surface area contributed by atoms with E-state index in [4.69, 9.17) is 9.47 Å². The van der Waals surface area contributed by atoms with Crippen molar-refractivity contribution in [2.75, 3.05) is 38.0 Å². The van der Waals surface area contributed by atoms with Gasteiger partial charge < -0.3 is 24.4 Å². The molecule has 1 heterocycles. The number of alkyl halides is 6. The molecular weight excluding hydrogens is 564 g/mol. The number of amides is 1. The molecule has 1 aromatic carbocycles. The highest BCUT2D eigenvalue weighted by molar-refractivity contribution is 5.72. The number of piperazine rings is 1. The molecule has 0 saturated carbocycles. The lowest BCUT2D eigenvalue weighted by Crippen LogP contribution is -2.52. The Morgan fingerprint density at radius 2 is 1.54 bits per heavy atom. The number of hydrogen-bond acceptors (Lipinski definition) is 8. The molecule has 0 aliphatic carbocycles. The average molecular weight is 600 g/mol. The maximum absolute atomic E-state index is 12.7. The van der Waals surface area contributed by atoms with E-state index in [-0.39, 0.29) is 38.5 Å². The summed E-state index contributed by atoms with van der Waals surface area (Å²) >= 11 is 0. The highest BCUT2D eigenvalue weighted by Crippen LogP contribution is 2.36. The Balaban J connectivity index is 1.84. The first-order chi connectivity index (χ1) is 19.0. The Bertz CT molecular complexity index is 1030. The highest BCUT2D eigenvalue weighted by Gasteiger charge is 2.60. The van der Waals surface area contributed by atoms with Gasteiger partial charge in [-0.2, -0.15) is 26.3 Å². The summed E-state index contributed by atoms with van der Waals surface area (Å²) in [6.07, 6.45) is -17.9. The standard InChI is InChI=1S/C26H35F6N3O6/c1-16(2)22(37)40-18(4)39-21(36)6-5-9-33-20-14-17(3)7-8-19(20)15-34-10-12-35(13-11-34)24(38)41-23(25(27,28)29)26(30,31)32/h7-8,14,16,18,23,33H,5-6,9-13,15H2,1-4H3. The zero-order valence-corrected chi connectivity index (χ0v) is 23.2. The first-order valence-corrected chi connectivity index (χ1v) is 13.0. The Kier molecular flexibility index (Phi) is 12.1. The number of nitrogens with zero attached hydrogens (tertiary/aromatic N) is 2. The van der Waals surface area contributed by atoms with E-state index in [1.54, 1.807) is 13.8 Å². The van der Waals surface area contributed by atoms with Crippen LogP contribution >= 0.6 is 0 Å². The maximum Gasteiger partial charge on any atom is 0.434 e. The van der Waals surface area contributed by atoms with Gasteiger partial charge in [0.1, 0.15) is 0 Å². The largest absolute Gasteiger partial charge is 0.434 e. The minimum absolute atomic E-state index is 0.0827. The van der Waals surface area contributed by atoms with Crippen molar-refractivity contribution in [2.24, 2.45) is 5.92 Å². The van der Waals surface area contributed by atoms with E-state index in [1.807, 2.05) is 30.0 Å². The third-order valence-corrected chi connectivity index (χ3v) is 6.03. The van der Waals surface area contributed by atoms with E-state index < -0.39 is 42.8 Å². The number of aryl methyl sites for hydroxylation is 1. The van der Waals surface area contributed by atoms with Gasteiger partial charge >= 0.3 is 30.4 Å². The van der Waals surface area contributed by atoms with Crippen molar-refractivity contribution in [1.29, 1.82) is 0 Å². The van der Waals surface area contributed by atoms with Gasteiger partial charge in [0.05, 0.1) is 5.92 Å². The second kappa shape index (κ2) is 14.6. The smallest absolute Gasteiger partial charge is 0.426 e. The van der Waals surface area contributed by atoms with E-state index in [9.17, 15) is 40.7 Å². The third-order valence-electron chi connectivity index (χ3n) is 6.03. The van der Waals surface area contributed by atoms with Crippen LogP contribution in [-0.4, -0.2) is 85.3 Å². The van der Waals surface area contributed by atoms with Crippen LogP contribution in [0.3, 0.4) is 0 Å². The van der Waals surface area contributed by atoms with E-state index in [1.165, 1.54) is 6.92 Å². The van der Waals surface area contributed by atoms with Crippen molar-refractivity contribution in [3.05, 3.63) is 29.3 Å². The fourth-order valence-corrected chi connectivity index (χ4v) is 3.84. The number of esters is 2. The lowest BCUT2D eigenvalue weighted by atomic mass is 10.1. The molecule has 1 unspecified atom stereocenters. The monoisotopic (exact) mass is 599 g/mol. The molecule has 2 rings (SSSR count). The lowest BCUT2D eigenvalue weighted by molar-refractivity contribution is -0.308. The SMILES string of the molecule is Cc1ccc(CN2CCN(C(=O)OC(C(F)(F)F)C(F)(F)F)CC2)c(NCCCC(=O)OC(C)OC(=O)C(C)C)c1. The molecule has 1 N–H and O–H groups in total. The van der Waals surface area contributed by atoms with Gasteiger partial charge in [0.15, 0.2) is 0 Å². The minimum atomic E-state index is -5.77. The van der Waals surface area contributed by atoms with Crippen LogP contribution < -0.4 is 5.32 Å². The molecule has 1 aliphatic rings. The quantitative estimate of drug-likeness (QED) is 0.164. The molecule has 1 fully saturated rings. The number of halogens is 6. The van der Waals surface area contributed by atoms with Crippen LogP contribution in [0.1, 0.15) is 44.7 Å². The zero-order valence-electron chi connectivity index (χ0n) is 23.2. The number of carbonyl (C=O) groups is 3. The van der Waals surface area contributed by atoms with Crippen LogP contribution in [0.25, 0.3) is 0 Å². The Labute approximate surface area is 234 Å². The van der Waals surface area contributed by atoms with Gasteiger partial charge in [0.25, 0.3) is 6.10 Å². The molecule has 1 aliphatic heterocycles. The van der Waals surface area contributed by atoms with Gasteiger partial charge in [-0.05, 0) is 30.5 Å². The topological polar surface area (TPSA) is 97.4 Å². The fourth-order valence-electron chi connectivity index (χ4n) is 3.84. The van der Waals surface area contributed by atoms with Crippen molar-refractivity contribution >= 4 is 23.7 Å². The van der Waals surface area contributed by atoms with Crippen LogP contribution in [0.2, 0.25) is 0 Å². The number of carbonyl (C=O) groups excluding carboxylic acids is 3. The van der Waals surface area contributed by atoms with Crippen LogP contribution in [0, 0.1) is 12.8 Å². The second-order valence-corrected chi connectivity index (χ2v) is 9.95. The number of nitrogens with one attached hydrogen (secondary N) is 1. The van der Waals surface area contributed by atoms with Crippen molar-refractivity contribution in [3.8, 4) is 0 Å². The summed E-state index contributed by atoms with van der Waals surface area (Å²) < 4.78 is 90.1. The first-order valence-electron chi connectivity index (χ1n) is 13.0. The molecule has 1 saturated heterocycles. The highest BCUT2D eigenvalue weighted by atomic mass is 19.4. The first kappa shape index (κ1) is 34.0. The molecular formula is C26H35F6N3O6. The van der Waals surface area contributed by atoms with Gasteiger partial charge in [-0.3, -0.25) is 14.5 Å². The summed E-state index contributed by atoms with van der Waals surface area (Å²) in [5, 5.41) is 3.26. The normalized spacial score (nSPS) is 15.6. The van der Waals surface area contributed by atoms with E-state index in [0.29, 0.717) is 19.5 Å². The number of rotatable bonds is 11. The van der Waals surface area contributed by atoms with Gasteiger partial charge in [0.2, 0.25) is 6.29 Å². The van der Waals surface area contributed by atoms with Gasteiger partial charge in [-0.1, -0.05) is 26.0 Å². The van der Waals surface area contributed by atoms with Crippen molar-refractivity contribution in [3.63, 3.8) is 0 Å². The molecule has 1 amide bonds. The van der Waals surface area contributed by atoms with Crippen molar-refractivity contribution < 1.29 is 54.9 Å². The molecule has 0 bridgehead atoms. The van der Waals surface area contributed by atoms with Crippen molar-refractivity contribution in [2.45, 2.75) is 71.8 Å². The van der Waals surface area contributed by atoms with Gasteiger partial charge in [0, 0.05) is 58.3 Å².